The third-order valence-corrected chi connectivity index (χ3v) is 4.32. The van der Waals surface area contributed by atoms with E-state index in [1.54, 1.807) is 17.6 Å². The molecule has 4 nitrogen and oxygen atoms in total. The molecule has 0 aromatic carbocycles. The van der Waals surface area contributed by atoms with Crippen LogP contribution in [0.5, 0.6) is 0 Å². The number of hydrogen-bond acceptors (Lipinski definition) is 4. The van der Waals surface area contributed by atoms with Crippen LogP contribution in [0.1, 0.15) is 17.1 Å². The lowest BCUT2D eigenvalue weighted by molar-refractivity contribution is 0.489. The van der Waals surface area contributed by atoms with Crippen LogP contribution in [0.15, 0.2) is 34.3 Å². The molecule has 3 rings (SSSR count). The minimum absolute atomic E-state index is 0.758. The van der Waals surface area contributed by atoms with E-state index in [2.05, 4.69) is 40.2 Å². The second kappa shape index (κ2) is 5.17. The summed E-state index contributed by atoms with van der Waals surface area (Å²) < 4.78 is 7.70. The van der Waals surface area contributed by atoms with Crippen LogP contribution < -0.4 is 5.32 Å². The quantitative estimate of drug-likeness (QED) is 0.791. The Labute approximate surface area is 122 Å². The number of nitrogens with zero attached hydrogens (tertiary/aromatic N) is 2. The molecule has 0 spiro atoms. The zero-order valence-corrected chi connectivity index (χ0v) is 12.6. The molecular weight excluding hydrogens is 270 g/mol. The van der Waals surface area contributed by atoms with Crippen molar-refractivity contribution in [3.05, 3.63) is 47.0 Å². The van der Waals surface area contributed by atoms with Gasteiger partial charge in [-0.15, -0.1) is 11.3 Å². The Balaban J connectivity index is 1.97. The molecule has 0 aliphatic rings. The van der Waals surface area contributed by atoms with Gasteiger partial charge in [-0.1, -0.05) is 0 Å². The first-order valence-electron chi connectivity index (χ1n) is 6.52. The molecule has 0 aliphatic heterocycles. The molecule has 0 atom stereocenters. The zero-order chi connectivity index (χ0) is 14.1. The molecule has 104 valence electrons. The van der Waals surface area contributed by atoms with Crippen molar-refractivity contribution in [2.75, 3.05) is 12.4 Å². The molecule has 0 radical (unpaired) electrons. The van der Waals surface area contributed by atoms with Crippen molar-refractivity contribution in [1.29, 1.82) is 0 Å². The fourth-order valence-electron chi connectivity index (χ4n) is 2.37. The predicted molar refractivity (Wildman–Crippen MR) is 82.4 cm³/mol. The highest BCUT2D eigenvalue weighted by atomic mass is 32.1. The van der Waals surface area contributed by atoms with Gasteiger partial charge in [0.2, 0.25) is 0 Å². The highest BCUT2D eigenvalue weighted by Gasteiger charge is 2.14. The van der Waals surface area contributed by atoms with Crippen LogP contribution in [0.4, 0.5) is 5.13 Å². The molecule has 20 heavy (non-hydrogen) atoms. The average Bonchev–Trinajstić information content (AvgIpc) is 3.15. The van der Waals surface area contributed by atoms with Gasteiger partial charge in [0, 0.05) is 29.4 Å². The van der Waals surface area contributed by atoms with E-state index < -0.39 is 0 Å². The van der Waals surface area contributed by atoms with Crippen LogP contribution in [0.25, 0.3) is 11.3 Å². The number of aryl methyl sites for hydroxylation is 1. The van der Waals surface area contributed by atoms with Crippen LogP contribution in [0.3, 0.4) is 0 Å². The summed E-state index contributed by atoms with van der Waals surface area (Å²) in [6.45, 7) is 5.00. The van der Waals surface area contributed by atoms with Gasteiger partial charge in [0.25, 0.3) is 0 Å². The van der Waals surface area contributed by atoms with Gasteiger partial charge >= 0.3 is 0 Å². The normalized spacial score (nSPS) is 10.9. The van der Waals surface area contributed by atoms with E-state index >= 15 is 0 Å². The van der Waals surface area contributed by atoms with Crippen molar-refractivity contribution < 1.29 is 4.42 Å². The van der Waals surface area contributed by atoms with Crippen LogP contribution in [-0.2, 0) is 6.54 Å². The molecular formula is C15H17N3OS. The molecule has 3 aromatic rings. The number of nitrogens with one attached hydrogen (secondary N) is 1. The summed E-state index contributed by atoms with van der Waals surface area (Å²) in [6.07, 6.45) is 1.71. The van der Waals surface area contributed by atoms with E-state index in [1.165, 1.54) is 17.0 Å². The summed E-state index contributed by atoms with van der Waals surface area (Å²) >= 11 is 1.62. The van der Waals surface area contributed by atoms with Gasteiger partial charge in [0.1, 0.15) is 5.76 Å². The number of anilines is 1. The van der Waals surface area contributed by atoms with E-state index in [0.717, 1.165) is 23.1 Å². The van der Waals surface area contributed by atoms with Gasteiger partial charge in [-0.05, 0) is 32.0 Å². The minimum Gasteiger partial charge on any atom is -0.467 e. The summed E-state index contributed by atoms with van der Waals surface area (Å²) in [4.78, 5) is 4.58. The molecule has 5 heteroatoms. The van der Waals surface area contributed by atoms with Gasteiger partial charge in [0.15, 0.2) is 5.13 Å². The van der Waals surface area contributed by atoms with Gasteiger partial charge < -0.3 is 14.3 Å². The van der Waals surface area contributed by atoms with Gasteiger partial charge in [-0.2, -0.15) is 0 Å². The summed E-state index contributed by atoms with van der Waals surface area (Å²) in [5.74, 6) is 0.965. The van der Waals surface area contributed by atoms with Crippen molar-refractivity contribution in [1.82, 2.24) is 9.55 Å². The number of hydrogen-bond donors (Lipinski definition) is 1. The standard InChI is InChI=1S/C15H17N3OS/c1-10-7-13(14-9-20-15(16-3)17-14)11(2)18(10)8-12-5-4-6-19-12/h4-7,9H,8H2,1-3H3,(H,16,17). The molecule has 0 aliphatic carbocycles. The van der Waals surface area contributed by atoms with Crippen LogP contribution in [0.2, 0.25) is 0 Å². The minimum atomic E-state index is 0.758. The Hall–Kier alpha value is -2.01. The molecule has 0 saturated heterocycles. The van der Waals surface area contributed by atoms with Crippen molar-refractivity contribution >= 4 is 16.5 Å². The number of furan rings is 1. The van der Waals surface area contributed by atoms with E-state index in [-0.39, 0.29) is 0 Å². The second-order valence-corrected chi connectivity index (χ2v) is 5.60. The lowest BCUT2D eigenvalue weighted by atomic mass is 10.2. The Kier molecular flexibility index (Phi) is 3.36. The van der Waals surface area contributed by atoms with Crippen LogP contribution in [-0.4, -0.2) is 16.6 Å². The van der Waals surface area contributed by atoms with Gasteiger partial charge in [-0.3, -0.25) is 0 Å². The van der Waals surface area contributed by atoms with Crippen molar-refractivity contribution in [2.45, 2.75) is 20.4 Å². The molecule has 0 saturated carbocycles. The maximum absolute atomic E-state index is 5.44. The highest BCUT2D eigenvalue weighted by molar-refractivity contribution is 7.14. The maximum Gasteiger partial charge on any atom is 0.182 e. The first kappa shape index (κ1) is 13.0. The van der Waals surface area contributed by atoms with Crippen LogP contribution >= 0.6 is 11.3 Å². The van der Waals surface area contributed by atoms with E-state index in [9.17, 15) is 0 Å². The Morgan fingerprint density at radius 3 is 2.90 bits per heavy atom. The monoisotopic (exact) mass is 287 g/mol. The Bertz CT molecular complexity index is 710. The van der Waals surface area contributed by atoms with E-state index in [0.29, 0.717) is 0 Å². The summed E-state index contributed by atoms with van der Waals surface area (Å²) in [6, 6.07) is 6.11. The molecule has 3 aromatic heterocycles. The zero-order valence-electron chi connectivity index (χ0n) is 11.8. The summed E-state index contributed by atoms with van der Waals surface area (Å²) in [7, 11) is 1.89. The van der Waals surface area contributed by atoms with Crippen molar-refractivity contribution in [3.63, 3.8) is 0 Å². The Morgan fingerprint density at radius 2 is 2.25 bits per heavy atom. The van der Waals surface area contributed by atoms with Crippen molar-refractivity contribution in [2.24, 2.45) is 0 Å². The van der Waals surface area contributed by atoms with E-state index in [4.69, 9.17) is 4.42 Å². The Morgan fingerprint density at radius 1 is 1.40 bits per heavy atom. The third-order valence-electron chi connectivity index (χ3n) is 3.46. The number of thiazole rings is 1. The van der Waals surface area contributed by atoms with Crippen molar-refractivity contribution in [3.8, 4) is 11.3 Å². The van der Waals surface area contributed by atoms with Crippen LogP contribution in [0, 0.1) is 13.8 Å². The largest absolute Gasteiger partial charge is 0.467 e. The first-order chi connectivity index (χ1) is 9.69. The third kappa shape index (κ3) is 2.25. The fourth-order valence-corrected chi connectivity index (χ4v) is 3.05. The maximum atomic E-state index is 5.44. The number of aromatic nitrogens is 2. The SMILES string of the molecule is CNc1nc(-c2cc(C)n(Cc3ccco3)c2C)cs1. The summed E-state index contributed by atoms with van der Waals surface area (Å²) in [5, 5.41) is 6.11. The molecule has 0 amide bonds. The molecule has 3 heterocycles. The highest BCUT2D eigenvalue weighted by Crippen LogP contribution is 2.30. The molecule has 1 N–H and O–H groups in total. The fraction of sp³-hybridized carbons (Fsp3) is 0.267. The number of rotatable bonds is 4. The predicted octanol–water partition coefficient (Wildman–Crippen LogP) is 3.91. The second-order valence-electron chi connectivity index (χ2n) is 4.74. The summed E-state index contributed by atoms with van der Waals surface area (Å²) in [5.41, 5.74) is 4.64. The molecule has 0 bridgehead atoms. The molecule has 0 unspecified atom stereocenters. The lowest BCUT2D eigenvalue weighted by Gasteiger charge is -2.07. The average molecular weight is 287 g/mol. The topological polar surface area (TPSA) is 43.0 Å². The molecule has 0 fully saturated rings. The smallest absolute Gasteiger partial charge is 0.182 e. The first-order valence-corrected chi connectivity index (χ1v) is 7.39. The lowest BCUT2D eigenvalue weighted by Crippen LogP contribution is -2.02. The van der Waals surface area contributed by atoms with Gasteiger partial charge in [0.05, 0.1) is 18.5 Å². The van der Waals surface area contributed by atoms with Gasteiger partial charge in [-0.25, -0.2) is 4.98 Å². The van der Waals surface area contributed by atoms with E-state index in [1.807, 2.05) is 19.2 Å².